The summed E-state index contributed by atoms with van der Waals surface area (Å²) in [5, 5.41) is 6.02. The Labute approximate surface area is 156 Å². The van der Waals surface area contributed by atoms with Gasteiger partial charge in [-0.1, -0.05) is 61.0 Å². The van der Waals surface area contributed by atoms with Crippen molar-refractivity contribution in [2.75, 3.05) is 13.1 Å². The molecular formula is C22H29N3O. The molecule has 26 heavy (non-hydrogen) atoms. The quantitative estimate of drug-likeness (QED) is 0.818. The average molecular weight is 351 g/mol. The van der Waals surface area contributed by atoms with Crippen LogP contribution in [-0.2, 0) is 13.1 Å². The summed E-state index contributed by atoms with van der Waals surface area (Å²) in [7, 11) is 0. The zero-order valence-corrected chi connectivity index (χ0v) is 15.6. The molecule has 4 heteroatoms. The average Bonchev–Trinajstić information content (AvgIpc) is 2.69. The number of benzene rings is 2. The maximum Gasteiger partial charge on any atom is 0.315 e. The van der Waals surface area contributed by atoms with Gasteiger partial charge in [0.2, 0.25) is 0 Å². The second-order valence-corrected chi connectivity index (χ2v) is 7.06. The van der Waals surface area contributed by atoms with Gasteiger partial charge in [0.15, 0.2) is 0 Å². The molecule has 1 aliphatic heterocycles. The Morgan fingerprint density at radius 1 is 0.962 bits per heavy atom. The Bertz CT molecular complexity index is 696. The molecule has 1 unspecified atom stereocenters. The normalized spacial score (nSPS) is 16.0. The lowest BCUT2D eigenvalue weighted by Gasteiger charge is -2.27. The van der Waals surface area contributed by atoms with E-state index in [0.717, 1.165) is 12.1 Å². The monoisotopic (exact) mass is 351 g/mol. The van der Waals surface area contributed by atoms with Crippen LogP contribution >= 0.6 is 0 Å². The molecule has 0 saturated carbocycles. The van der Waals surface area contributed by atoms with E-state index in [9.17, 15) is 4.79 Å². The van der Waals surface area contributed by atoms with Gasteiger partial charge in [-0.25, -0.2) is 4.79 Å². The molecule has 1 saturated heterocycles. The lowest BCUT2D eigenvalue weighted by atomic mass is 10.0. The van der Waals surface area contributed by atoms with Crippen molar-refractivity contribution in [1.29, 1.82) is 0 Å². The van der Waals surface area contributed by atoms with Crippen LogP contribution in [0.15, 0.2) is 54.6 Å². The molecule has 0 radical (unpaired) electrons. The number of amides is 2. The number of nitrogens with zero attached hydrogens (tertiary/aromatic N) is 1. The molecule has 4 nitrogen and oxygen atoms in total. The first kappa shape index (κ1) is 18.5. The minimum Gasteiger partial charge on any atom is -0.334 e. The summed E-state index contributed by atoms with van der Waals surface area (Å²) < 4.78 is 0. The van der Waals surface area contributed by atoms with Crippen LogP contribution in [0.1, 0.15) is 48.9 Å². The van der Waals surface area contributed by atoms with Crippen molar-refractivity contribution in [3.8, 4) is 0 Å². The molecule has 0 aromatic heterocycles. The number of hydrogen-bond donors (Lipinski definition) is 2. The van der Waals surface area contributed by atoms with Crippen LogP contribution in [0.25, 0.3) is 0 Å². The first-order valence-electron chi connectivity index (χ1n) is 9.61. The van der Waals surface area contributed by atoms with Gasteiger partial charge in [-0.15, -0.1) is 0 Å². The highest BCUT2D eigenvalue weighted by Crippen LogP contribution is 2.16. The van der Waals surface area contributed by atoms with E-state index in [1.807, 2.05) is 43.3 Å². The molecule has 0 spiro atoms. The van der Waals surface area contributed by atoms with E-state index in [-0.39, 0.29) is 12.1 Å². The molecule has 1 fully saturated rings. The number of carbonyl (C=O) groups excluding carboxylic acids is 1. The summed E-state index contributed by atoms with van der Waals surface area (Å²) in [4.78, 5) is 14.8. The molecular weight excluding hydrogens is 322 g/mol. The molecule has 1 atom stereocenters. The summed E-state index contributed by atoms with van der Waals surface area (Å²) in [6, 6.07) is 18.3. The van der Waals surface area contributed by atoms with Gasteiger partial charge in [-0.3, -0.25) is 4.90 Å². The van der Waals surface area contributed by atoms with Gasteiger partial charge in [0, 0.05) is 13.1 Å². The SMILES string of the molecule is CC(NC(=O)NCc1ccccc1CN1CCCCC1)c1ccccc1. The number of nitrogens with one attached hydrogen (secondary N) is 2. The molecule has 0 aliphatic carbocycles. The van der Waals surface area contributed by atoms with Crippen LogP contribution in [0, 0.1) is 0 Å². The second kappa shape index (κ2) is 9.39. The fourth-order valence-electron chi connectivity index (χ4n) is 3.49. The number of likely N-dealkylation sites (tertiary alicyclic amines) is 1. The summed E-state index contributed by atoms with van der Waals surface area (Å²) in [5.74, 6) is 0. The third-order valence-corrected chi connectivity index (χ3v) is 5.05. The second-order valence-electron chi connectivity index (χ2n) is 7.06. The Morgan fingerprint density at radius 3 is 2.35 bits per heavy atom. The lowest BCUT2D eigenvalue weighted by Crippen LogP contribution is -2.37. The van der Waals surface area contributed by atoms with Crippen molar-refractivity contribution in [1.82, 2.24) is 15.5 Å². The standard InChI is InChI=1S/C22H29N3O/c1-18(19-10-4-2-5-11-19)24-22(26)23-16-20-12-6-7-13-21(20)17-25-14-8-3-9-15-25/h2,4-7,10-13,18H,3,8-9,14-17H2,1H3,(H2,23,24,26). The highest BCUT2D eigenvalue weighted by atomic mass is 16.2. The first-order chi connectivity index (χ1) is 12.7. The van der Waals surface area contributed by atoms with Crippen LogP contribution in [0.4, 0.5) is 4.79 Å². The van der Waals surface area contributed by atoms with E-state index in [4.69, 9.17) is 0 Å². The number of rotatable bonds is 6. The highest BCUT2D eigenvalue weighted by Gasteiger charge is 2.13. The summed E-state index contributed by atoms with van der Waals surface area (Å²) in [6.07, 6.45) is 3.93. The van der Waals surface area contributed by atoms with E-state index in [1.54, 1.807) is 0 Å². The minimum absolute atomic E-state index is 0.0141. The maximum atomic E-state index is 12.3. The Kier molecular flexibility index (Phi) is 6.67. The fourth-order valence-corrected chi connectivity index (χ4v) is 3.49. The van der Waals surface area contributed by atoms with E-state index in [2.05, 4.69) is 33.7 Å². The number of carbonyl (C=O) groups is 1. The van der Waals surface area contributed by atoms with Crippen molar-refractivity contribution in [3.05, 3.63) is 71.3 Å². The van der Waals surface area contributed by atoms with E-state index in [1.165, 1.54) is 43.5 Å². The van der Waals surface area contributed by atoms with Crippen molar-refractivity contribution in [2.45, 2.75) is 45.3 Å². The highest BCUT2D eigenvalue weighted by molar-refractivity contribution is 5.74. The zero-order valence-electron chi connectivity index (χ0n) is 15.6. The van der Waals surface area contributed by atoms with Gasteiger partial charge in [0.1, 0.15) is 0 Å². The molecule has 3 rings (SSSR count). The maximum absolute atomic E-state index is 12.3. The van der Waals surface area contributed by atoms with Gasteiger partial charge in [-0.05, 0) is 49.5 Å². The van der Waals surface area contributed by atoms with Gasteiger partial charge in [-0.2, -0.15) is 0 Å². The minimum atomic E-state index is -0.130. The largest absolute Gasteiger partial charge is 0.334 e. The summed E-state index contributed by atoms with van der Waals surface area (Å²) >= 11 is 0. The summed E-state index contributed by atoms with van der Waals surface area (Å²) in [5.41, 5.74) is 3.61. The number of hydrogen-bond acceptors (Lipinski definition) is 2. The van der Waals surface area contributed by atoms with E-state index >= 15 is 0 Å². The fraction of sp³-hybridized carbons (Fsp3) is 0.409. The number of urea groups is 1. The lowest BCUT2D eigenvalue weighted by molar-refractivity contribution is 0.220. The van der Waals surface area contributed by atoms with Gasteiger partial charge >= 0.3 is 6.03 Å². The van der Waals surface area contributed by atoms with Gasteiger partial charge < -0.3 is 10.6 Å². The molecule has 138 valence electrons. The Hall–Kier alpha value is -2.33. The molecule has 2 N–H and O–H groups in total. The van der Waals surface area contributed by atoms with Gasteiger partial charge in [0.05, 0.1) is 6.04 Å². The molecule has 2 aromatic carbocycles. The van der Waals surface area contributed by atoms with Crippen LogP contribution in [0.3, 0.4) is 0 Å². The van der Waals surface area contributed by atoms with Gasteiger partial charge in [0.25, 0.3) is 0 Å². The molecule has 1 aliphatic rings. The van der Waals surface area contributed by atoms with Crippen molar-refractivity contribution < 1.29 is 4.79 Å². The number of piperidine rings is 1. The molecule has 2 amide bonds. The predicted molar refractivity (Wildman–Crippen MR) is 106 cm³/mol. The van der Waals surface area contributed by atoms with Crippen LogP contribution in [0.5, 0.6) is 0 Å². The van der Waals surface area contributed by atoms with Crippen LogP contribution in [-0.4, -0.2) is 24.0 Å². The third kappa shape index (κ3) is 5.33. The Morgan fingerprint density at radius 2 is 1.62 bits per heavy atom. The van der Waals surface area contributed by atoms with E-state index < -0.39 is 0 Å². The van der Waals surface area contributed by atoms with E-state index in [0.29, 0.717) is 6.54 Å². The third-order valence-electron chi connectivity index (χ3n) is 5.05. The molecule has 1 heterocycles. The Balaban J connectivity index is 1.53. The van der Waals surface area contributed by atoms with Crippen LogP contribution in [0.2, 0.25) is 0 Å². The molecule has 0 bridgehead atoms. The molecule has 2 aromatic rings. The van der Waals surface area contributed by atoms with Crippen molar-refractivity contribution >= 4 is 6.03 Å². The predicted octanol–water partition coefficient (Wildman–Crippen LogP) is 4.23. The smallest absolute Gasteiger partial charge is 0.315 e. The van der Waals surface area contributed by atoms with Crippen LogP contribution < -0.4 is 10.6 Å². The first-order valence-corrected chi connectivity index (χ1v) is 9.61. The summed E-state index contributed by atoms with van der Waals surface area (Å²) in [6.45, 7) is 5.88. The zero-order chi connectivity index (χ0) is 18.2. The van der Waals surface area contributed by atoms with Crippen molar-refractivity contribution in [3.63, 3.8) is 0 Å². The van der Waals surface area contributed by atoms with Crippen molar-refractivity contribution in [2.24, 2.45) is 0 Å². The topological polar surface area (TPSA) is 44.4 Å².